The quantitative estimate of drug-likeness (QED) is 0.428. The summed E-state index contributed by atoms with van der Waals surface area (Å²) in [7, 11) is 0. The van der Waals surface area contributed by atoms with Crippen LogP contribution in [0.2, 0.25) is 0 Å². The van der Waals surface area contributed by atoms with Crippen molar-refractivity contribution in [1.29, 1.82) is 0 Å². The van der Waals surface area contributed by atoms with Crippen molar-refractivity contribution in [1.82, 2.24) is 20.8 Å². The molecule has 0 bridgehead atoms. The highest BCUT2D eigenvalue weighted by Crippen LogP contribution is 2.26. The van der Waals surface area contributed by atoms with Crippen molar-refractivity contribution in [3.05, 3.63) is 59.8 Å². The van der Waals surface area contributed by atoms with Gasteiger partial charge in [-0.05, 0) is 49.9 Å². The van der Waals surface area contributed by atoms with Crippen molar-refractivity contribution in [3.63, 3.8) is 0 Å². The minimum absolute atomic E-state index is 0.204. The number of anilines is 1. The van der Waals surface area contributed by atoms with Crippen LogP contribution in [-0.2, 0) is 20.8 Å². The van der Waals surface area contributed by atoms with E-state index >= 15 is 0 Å². The normalized spacial score (nSPS) is 23.3. The van der Waals surface area contributed by atoms with Crippen molar-refractivity contribution >= 4 is 17.8 Å². The molecule has 0 saturated carbocycles. The Bertz CT molecular complexity index is 925. The Morgan fingerprint density at radius 2 is 2.22 bits per heavy atom. The third kappa shape index (κ3) is 6.09. The van der Waals surface area contributed by atoms with Gasteiger partial charge in [0.05, 0.1) is 23.6 Å². The lowest BCUT2D eigenvalue weighted by Gasteiger charge is -2.30. The predicted octanol–water partition coefficient (Wildman–Crippen LogP) is 2.59. The largest absolute Gasteiger partial charge is 0.362 e. The van der Waals surface area contributed by atoms with E-state index in [0.29, 0.717) is 36.6 Å². The van der Waals surface area contributed by atoms with Crippen molar-refractivity contribution in [3.8, 4) is 0 Å². The molecule has 2 fully saturated rings. The van der Waals surface area contributed by atoms with Gasteiger partial charge in [0, 0.05) is 25.6 Å². The van der Waals surface area contributed by atoms with Crippen molar-refractivity contribution < 1.29 is 18.8 Å². The number of benzene rings is 1. The maximum Gasteiger partial charge on any atom is 0.267 e. The van der Waals surface area contributed by atoms with E-state index in [1.807, 2.05) is 12.1 Å². The summed E-state index contributed by atoms with van der Waals surface area (Å²) in [6.45, 7) is 2.19. The van der Waals surface area contributed by atoms with Gasteiger partial charge in [-0.2, -0.15) is 0 Å². The number of hydrogen-bond donors (Lipinski definition) is 3. The molecule has 3 N–H and O–H groups in total. The average molecular weight is 442 g/mol. The third-order valence-electron chi connectivity index (χ3n) is 5.63. The number of aromatic nitrogens is 2. The maximum absolute atomic E-state index is 14.2. The highest BCUT2D eigenvalue weighted by atomic mass is 19.1. The fourth-order valence-electron chi connectivity index (χ4n) is 3.94. The number of carbonyl (C=O) groups is 1. The Morgan fingerprint density at radius 3 is 2.94 bits per heavy atom. The third-order valence-corrected chi connectivity index (χ3v) is 5.63. The van der Waals surface area contributed by atoms with Gasteiger partial charge in [0.2, 0.25) is 0 Å². The molecule has 9 heteroatoms. The molecule has 1 amide bonds. The highest BCUT2D eigenvalue weighted by molar-refractivity contribution is 5.90. The number of hydrogen-bond acceptors (Lipinski definition) is 7. The molecule has 1 aromatic heterocycles. The van der Waals surface area contributed by atoms with Crippen LogP contribution in [0.1, 0.15) is 36.9 Å². The minimum Gasteiger partial charge on any atom is -0.362 e. The molecule has 1 aromatic carbocycles. The first-order valence-electron chi connectivity index (χ1n) is 10.9. The lowest BCUT2D eigenvalue weighted by atomic mass is 9.89. The van der Waals surface area contributed by atoms with Gasteiger partial charge in [0.1, 0.15) is 11.6 Å². The predicted molar refractivity (Wildman–Crippen MR) is 118 cm³/mol. The number of nitrogens with zero attached hydrogens (tertiary/aromatic N) is 2. The zero-order chi connectivity index (χ0) is 22.2. The average Bonchev–Trinajstić information content (AvgIpc) is 3.27. The van der Waals surface area contributed by atoms with Crippen molar-refractivity contribution in [2.45, 2.75) is 43.9 Å². The molecule has 2 aromatic rings. The molecule has 8 nitrogen and oxygen atoms in total. The molecule has 2 atom stereocenters. The first kappa shape index (κ1) is 22.3. The summed E-state index contributed by atoms with van der Waals surface area (Å²) in [5, 5.41) is 6.78. The number of rotatable bonds is 8. The Hall–Kier alpha value is -2.88. The van der Waals surface area contributed by atoms with Gasteiger partial charge in [-0.3, -0.25) is 9.78 Å². The Morgan fingerprint density at radius 1 is 1.31 bits per heavy atom. The molecule has 0 spiro atoms. The van der Waals surface area contributed by atoms with E-state index in [1.165, 1.54) is 12.1 Å². The summed E-state index contributed by atoms with van der Waals surface area (Å²) in [6, 6.07) is 6.83. The molecule has 1 unspecified atom stereocenters. The maximum atomic E-state index is 14.2. The number of amides is 1. The molecule has 4 rings (SSSR count). The van der Waals surface area contributed by atoms with Crippen LogP contribution in [0.15, 0.2) is 42.7 Å². The van der Waals surface area contributed by atoms with Gasteiger partial charge in [0.15, 0.2) is 6.29 Å². The molecule has 2 aliphatic rings. The smallest absolute Gasteiger partial charge is 0.267 e. The van der Waals surface area contributed by atoms with Crippen LogP contribution >= 0.6 is 0 Å². The highest BCUT2D eigenvalue weighted by Gasteiger charge is 2.35. The first-order valence-corrected chi connectivity index (χ1v) is 10.9. The second-order valence-corrected chi connectivity index (χ2v) is 8.14. The number of halogens is 1. The summed E-state index contributed by atoms with van der Waals surface area (Å²) in [6.07, 6.45) is 9.87. The van der Waals surface area contributed by atoms with E-state index in [9.17, 15) is 9.18 Å². The zero-order valence-electron chi connectivity index (χ0n) is 17.9. The molecule has 170 valence electrons. The second-order valence-electron chi connectivity index (χ2n) is 8.14. The van der Waals surface area contributed by atoms with Crippen LogP contribution < -0.4 is 16.1 Å². The Balaban J connectivity index is 1.32. The Kier molecular flexibility index (Phi) is 7.41. The fourth-order valence-corrected chi connectivity index (χ4v) is 3.94. The molecule has 32 heavy (non-hydrogen) atoms. The van der Waals surface area contributed by atoms with Gasteiger partial charge in [-0.25, -0.2) is 19.7 Å². The Labute approximate surface area is 186 Å². The van der Waals surface area contributed by atoms with Crippen LogP contribution in [0.25, 0.3) is 6.08 Å². The molecule has 0 radical (unpaired) electrons. The summed E-state index contributed by atoms with van der Waals surface area (Å²) in [5.74, 6) is -0.00193. The van der Waals surface area contributed by atoms with E-state index < -0.39 is 12.2 Å². The lowest BCUT2D eigenvalue weighted by Crippen LogP contribution is -2.43. The van der Waals surface area contributed by atoms with Crippen molar-refractivity contribution in [2.24, 2.45) is 0 Å². The van der Waals surface area contributed by atoms with Crippen LogP contribution in [0, 0.1) is 5.82 Å². The fraction of sp³-hybridized carbons (Fsp3) is 0.435. The van der Waals surface area contributed by atoms with Gasteiger partial charge < -0.3 is 15.4 Å². The van der Waals surface area contributed by atoms with Crippen LogP contribution in [0.3, 0.4) is 0 Å². The van der Waals surface area contributed by atoms with Gasteiger partial charge in [-0.1, -0.05) is 18.2 Å². The van der Waals surface area contributed by atoms with E-state index in [4.69, 9.17) is 9.57 Å². The molecule has 3 heterocycles. The van der Waals surface area contributed by atoms with Crippen LogP contribution in [0.4, 0.5) is 10.2 Å². The van der Waals surface area contributed by atoms with E-state index in [-0.39, 0.29) is 11.4 Å². The minimum atomic E-state index is -0.399. The van der Waals surface area contributed by atoms with Gasteiger partial charge in [-0.15, -0.1) is 0 Å². The lowest BCUT2D eigenvalue weighted by molar-refractivity contribution is -0.198. The SMILES string of the molecule is O=C(/C=C/c1cnc(N[C@]2(Cc3ccccc3F)CCNC2)cn1)NOC1CCCCO1. The van der Waals surface area contributed by atoms with E-state index in [0.717, 1.165) is 32.2 Å². The second kappa shape index (κ2) is 10.6. The number of carbonyl (C=O) groups excluding carboxylic acids is 1. The topological polar surface area (TPSA) is 97.4 Å². The standard InChI is InChI=1S/C23H28FN5O3/c24-19-6-2-1-5-17(19)13-23(10-11-25-16-23)28-20-15-26-18(14-27-20)8-9-21(30)29-32-22-7-3-4-12-31-22/h1-2,5-6,8-9,14-15,22,25H,3-4,7,10-13,16H2,(H,27,28)(H,29,30)/b9-8+/t22?,23-/m0/s1. The summed E-state index contributed by atoms with van der Waals surface area (Å²) in [4.78, 5) is 25.9. The van der Waals surface area contributed by atoms with Crippen LogP contribution in [0.5, 0.6) is 0 Å². The number of hydroxylamine groups is 1. The summed E-state index contributed by atoms with van der Waals surface area (Å²) in [5.41, 5.74) is 3.23. The molecule has 2 saturated heterocycles. The molecular formula is C23H28FN5O3. The van der Waals surface area contributed by atoms with Gasteiger partial charge >= 0.3 is 0 Å². The molecule has 0 aliphatic carbocycles. The van der Waals surface area contributed by atoms with Gasteiger partial charge in [0.25, 0.3) is 5.91 Å². The number of nitrogens with one attached hydrogen (secondary N) is 3. The monoisotopic (exact) mass is 441 g/mol. The van der Waals surface area contributed by atoms with E-state index in [2.05, 4.69) is 26.1 Å². The van der Waals surface area contributed by atoms with Crippen LogP contribution in [-0.4, -0.2) is 47.4 Å². The summed E-state index contributed by atoms with van der Waals surface area (Å²) >= 11 is 0. The van der Waals surface area contributed by atoms with E-state index in [1.54, 1.807) is 24.5 Å². The molecule has 2 aliphatic heterocycles. The molecular weight excluding hydrogens is 413 g/mol. The first-order chi connectivity index (χ1) is 15.6. The van der Waals surface area contributed by atoms with Crippen molar-refractivity contribution in [2.75, 3.05) is 25.0 Å². The number of ether oxygens (including phenoxy) is 1. The summed E-state index contributed by atoms with van der Waals surface area (Å²) < 4.78 is 19.6. The zero-order valence-corrected chi connectivity index (χ0v) is 17.9.